The molecule has 3 aliphatic rings. The lowest BCUT2D eigenvalue weighted by Gasteiger charge is -2.41. The number of halogens is 2. The number of allylic oxidation sites excluding steroid dienone is 2. The van der Waals surface area contributed by atoms with Gasteiger partial charge in [-0.25, -0.2) is 4.79 Å². The van der Waals surface area contributed by atoms with Crippen LogP contribution in [0.4, 0.5) is 8.63 Å². The average Bonchev–Trinajstić information content (AvgIpc) is 2.83. The highest BCUT2D eigenvalue weighted by molar-refractivity contribution is 6.50. The van der Waals surface area contributed by atoms with Gasteiger partial charge in [-0.15, -0.1) is 0 Å². The molecule has 0 amide bonds. The van der Waals surface area contributed by atoms with E-state index in [0.29, 0.717) is 29.6 Å². The van der Waals surface area contributed by atoms with Crippen molar-refractivity contribution in [2.24, 2.45) is 17.8 Å². The molecular weight excluding hydrogens is 439 g/mol. The molecule has 0 N–H and O–H groups in total. The molecule has 2 aliphatic carbocycles. The van der Waals surface area contributed by atoms with Gasteiger partial charge in [-0.05, 0) is 59.3 Å². The van der Waals surface area contributed by atoms with Crippen LogP contribution in [0.25, 0.3) is 0 Å². The third-order valence-corrected chi connectivity index (χ3v) is 8.22. The number of ketones is 1. The Labute approximate surface area is 203 Å². The van der Waals surface area contributed by atoms with E-state index in [9.17, 15) is 13.4 Å². The van der Waals surface area contributed by atoms with Crippen molar-refractivity contribution in [3.05, 3.63) is 24.0 Å². The van der Waals surface area contributed by atoms with Gasteiger partial charge in [-0.1, -0.05) is 25.8 Å². The monoisotopic (exact) mass is 482 g/mol. The van der Waals surface area contributed by atoms with Gasteiger partial charge in [0.05, 0.1) is 37.4 Å². The Morgan fingerprint density at radius 2 is 1.76 bits per heavy atom. The minimum atomic E-state index is -4.27. The summed E-state index contributed by atoms with van der Waals surface area (Å²) < 4.78 is 45.1. The Morgan fingerprint density at radius 1 is 1.12 bits per heavy atom. The largest absolute Gasteiger partial charge is 0.994 e. The molecule has 0 atom stereocenters. The fourth-order valence-corrected chi connectivity index (χ4v) is 5.89. The standard InChI is InChI=1S/C26H43BF2NO4/c1-5-30(6-2,16-17-32-26(31)20(3)4)19-21-12-14-23(15-13-21)25-18-24(33-27(28,29)34-25)22-10-8-7-9-11-22/h18,21-23H,3,5-17,19H2,1-2,4H3/q+1. The minimum Gasteiger partial charge on any atom is -0.572 e. The summed E-state index contributed by atoms with van der Waals surface area (Å²) >= 11 is 0. The zero-order valence-corrected chi connectivity index (χ0v) is 21.3. The summed E-state index contributed by atoms with van der Waals surface area (Å²) in [5.41, 5.74) is 0.421. The maximum absolute atomic E-state index is 14.3. The van der Waals surface area contributed by atoms with E-state index in [1.54, 1.807) is 13.0 Å². The summed E-state index contributed by atoms with van der Waals surface area (Å²) in [6, 6.07) is 0. The first-order valence-electron chi connectivity index (χ1n) is 13.3. The molecule has 1 heterocycles. The Bertz CT molecular complexity index is 780. The van der Waals surface area contributed by atoms with Crippen molar-refractivity contribution in [3.63, 3.8) is 0 Å². The van der Waals surface area contributed by atoms with Crippen molar-refractivity contribution in [2.75, 3.05) is 32.8 Å². The van der Waals surface area contributed by atoms with Crippen LogP contribution in [0, 0.1) is 17.8 Å². The molecule has 1 aliphatic heterocycles. The van der Waals surface area contributed by atoms with E-state index >= 15 is 0 Å². The van der Waals surface area contributed by atoms with E-state index in [0.717, 1.165) is 82.0 Å². The third-order valence-electron chi connectivity index (χ3n) is 8.22. The number of nitrogens with zero attached hydrogens (tertiary/aromatic N) is 1. The molecule has 0 aromatic rings. The SMILES string of the molecule is C=C(C)C(=O)OCC[N+](CC)(CC)CC1CCC(C2=CC(C3CCCCC3)=[O+][B-](F)(F)O2)CC1. The van der Waals surface area contributed by atoms with Crippen LogP contribution < -0.4 is 0 Å². The second kappa shape index (κ2) is 11.8. The van der Waals surface area contributed by atoms with Crippen molar-refractivity contribution >= 4 is 18.9 Å². The zero-order valence-electron chi connectivity index (χ0n) is 21.3. The number of esters is 1. The molecule has 2 saturated carbocycles. The van der Waals surface area contributed by atoms with Gasteiger partial charge in [0.1, 0.15) is 13.2 Å². The van der Waals surface area contributed by atoms with Crippen molar-refractivity contribution in [2.45, 2.75) is 78.6 Å². The van der Waals surface area contributed by atoms with Crippen LogP contribution in [-0.4, -0.2) is 56.1 Å². The van der Waals surface area contributed by atoms with E-state index in [4.69, 9.17) is 13.7 Å². The molecule has 0 unspecified atom stereocenters. The lowest BCUT2D eigenvalue weighted by Crippen LogP contribution is -2.53. The van der Waals surface area contributed by atoms with Gasteiger partial charge in [0, 0.05) is 17.4 Å². The van der Waals surface area contributed by atoms with Crippen LogP contribution in [0.1, 0.15) is 78.6 Å². The second-order valence-corrected chi connectivity index (χ2v) is 10.6. The van der Waals surface area contributed by atoms with Crippen LogP contribution in [0.5, 0.6) is 0 Å². The van der Waals surface area contributed by atoms with Crippen molar-refractivity contribution < 1.29 is 31.6 Å². The number of likely N-dealkylation sites (N-methyl/N-ethyl adjacent to an activating group) is 1. The van der Waals surface area contributed by atoms with E-state index in [-0.39, 0.29) is 17.8 Å². The van der Waals surface area contributed by atoms with Gasteiger partial charge in [-0.2, -0.15) is 0 Å². The molecule has 0 spiro atoms. The minimum absolute atomic E-state index is 0.0353. The molecule has 0 radical (unpaired) electrons. The van der Waals surface area contributed by atoms with Gasteiger partial charge < -0.3 is 26.8 Å². The van der Waals surface area contributed by atoms with E-state index in [1.807, 2.05) is 0 Å². The number of quaternary nitrogens is 1. The van der Waals surface area contributed by atoms with Gasteiger partial charge in [0.2, 0.25) is 0 Å². The summed E-state index contributed by atoms with van der Waals surface area (Å²) in [4.78, 5) is 11.7. The zero-order chi connectivity index (χ0) is 24.8. The van der Waals surface area contributed by atoms with Crippen LogP contribution >= 0.6 is 0 Å². The quantitative estimate of drug-likeness (QED) is 0.131. The average molecular weight is 482 g/mol. The van der Waals surface area contributed by atoms with Gasteiger partial charge >= 0.3 is 13.1 Å². The maximum atomic E-state index is 14.3. The molecule has 0 aromatic carbocycles. The Balaban J connectivity index is 1.57. The number of hydrogen-bond donors (Lipinski definition) is 0. The van der Waals surface area contributed by atoms with Crippen molar-refractivity contribution in [1.82, 2.24) is 0 Å². The third kappa shape index (κ3) is 7.16. The van der Waals surface area contributed by atoms with E-state index < -0.39 is 7.11 Å². The number of hydrogen-bond acceptors (Lipinski definition) is 3. The highest BCUT2D eigenvalue weighted by Gasteiger charge is 2.54. The van der Waals surface area contributed by atoms with E-state index in [2.05, 4.69) is 20.4 Å². The smallest absolute Gasteiger partial charge is 0.572 e. The van der Waals surface area contributed by atoms with Gasteiger partial charge in [0.15, 0.2) is 0 Å². The molecule has 2 fully saturated rings. The molecular formula is C26H43BF2NO4+. The lowest BCUT2D eigenvalue weighted by molar-refractivity contribution is -0.928. The Hall–Kier alpha value is -1.70. The number of rotatable bonds is 10. The fraction of sp³-hybridized carbons (Fsp3) is 0.769. The lowest BCUT2D eigenvalue weighted by atomic mass is 9.78. The number of ether oxygens (including phenoxy) is 1. The molecule has 192 valence electrons. The Kier molecular flexibility index (Phi) is 9.36. The van der Waals surface area contributed by atoms with Crippen LogP contribution in [0.15, 0.2) is 24.0 Å². The maximum Gasteiger partial charge on any atom is 0.994 e. The second-order valence-electron chi connectivity index (χ2n) is 10.6. The molecule has 0 saturated heterocycles. The van der Waals surface area contributed by atoms with Crippen LogP contribution in [0.3, 0.4) is 0 Å². The van der Waals surface area contributed by atoms with Gasteiger partial charge in [-0.3, -0.25) is 0 Å². The van der Waals surface area contributed by atoms with Gasteiger partial charge in [0.25, 0.3) is 5.78 Å². The number of carbonyl (C=O) groups is 1. The molecule has 0 aromatic heterocycles. The number of carbonyl (C=O) groups excluding carboxylic acids is 2. The first-order valence-corrected chi connectivity index (χ1v) is 13.3. The summed E-state index contributed by atoms with van der Waals surface area (Å²) in [5.74, 6) is 1.22. The predicted octanol–water partition coefficient (Wildman–Crippen LogP) is 5.74. The molecule has 0 bridgehead atoms. The fourth-order valence-electron chi connectivity index (χ4n) is 5.89. The highest BCUT2D eigenvalue weighted by Crippen LogP contribution is 2.38. The van der Waals surface area contributed by atoms with Crippen molar-refractivity contribution in [1.29, 1.82) is 0 Å². The summed E-state index contributed by atoms with van der Waals surface area (Å²) in [7, 11) is -4.27. The molecule has 34 heavy (non-hydrogen) atoms. The first-order chi connectivity index (χ1) is 16.2. The normalized spacial score (nSPS) is 25.7. The predicted molar refractivity (Wildman–Crippen MR) is 131 cm³/mol. The topological polar surface area (TPSA) is 46.8 Å². The van der Waals surface area contributed by atoms with Crippen LogP contribution in [0.2, 0.25) is 0 Å². The first kappa shape index (κ1) is 26.9. The van der Waals surface area contributed by atoms with E-state index in [1.165, 1.54) is 6.42 Å². The highest BCUT2D eigenvalue weighted by atomic mass is 19.3. The van der Waals surface area contributed by atoms with Crippen molar-refractivity contribution in [3.8, 4) is 0 Å². The molecule has 8 heteroatoms. The summed E-state index contributed by atoms with van der Waals surface area (Å²) in [6.07, 6.45) is 10.7. The summed E-state index contributed by atoms with van der Waals surface area (Å²) in [6.45, 7) is 13.8. The summed E-state index contributed by atoms with van der Waals surface area (Å²) in [5, 5.41) is 0. The Morgan fingerprint density at radius 3 is 2.35 bits per heavy atom. The molecule has 5 nitrogen and oxygen atoms in total. The molecule has 3 rings (SSSR count). The van der Waals surface area contributed by atoms with Crippen LogP contribution in [-0.2, 0) is 18.5 Å².